The summed E-state index contributed by atoms with van der Waals surface area (Å²) in [6.07, 6.45) is 1.03. The van der Waals surface area contributed by atoms with Crippen molar-refractivity contribution in [1.29, 1.82) is 0 Å². The molecule has 0 aliphatic carbocycles. The first-order chi connectivity index (χ1) is 9.15. The van der Waals surface area contributed by atoms with Gasteiger partial charge in [-0.25, -0.2) is 9.97 Å². The number of hydrogen-bond acceptors (Lipinski definition) is 3. The molecule has 0 unspecified atom stereocenters. The van der Waals surface area contributed by atoms with Gasteiger partial charge in [-0.3, -0.25) is 0 Å². The maximum Gasteiger partial charge on any atom is 0.159 e. The lowest BCUT2D eigenvalue weighted by Gasteiger charge is -2.19. The maximum atomic E-state index is 4.75. The molecule has 0 atom stereocenters. The highest BCUT2D eigenvalue weighted by Gasteiger charge is 2.16. The summed E-state index contributed by atoms with van der Waals surface area (Å²) in [5.41, 5.74) is 5.88. The molecule has 2 heterocycles. The Labute approximate surface area is 121 Å². The van der Waals surface area contributed by atoms with E-state index in [1.807, 2.05) is 6.07 Å². The van der Waals surface area contributed by atoms with Gasteiger partial charge in [0.2, 0.25) is 0 Å². The third-order valence-electron chi connectivity index (χ3n) is 3.57. The molecular formula is C15H16BrN3. The fourth-order valence-corrected chi connectivity index (χ4v) is 3.02. The van der Waals surface area contributed by atoms with Gasteiger partial charge in [0.25, 0.3) is 0 Å². The Kier molecular flexibility index (Phi) is 3.37. The molecule has 0 radical (unpaired) electrons. The van der Waals surface area contributed by atoms with Crippen LogP contribution in [0.1, 0.15) is 22.5 Å². The predicted octanol–water partition coefficient (Wildman–Crippen LogP) is 3.17. The number of aromatic nitrogens is 2. The standard InChI is InChI=1S/C15H16BrN3/c1-9-7-11(16)3-4-12(9)15-18-10(2)13-5-6-17-8-14(13)19-15/h3-4,7,17H,5-6,8H2,1-2H3. The van der Waals surface area contributed by atoms with Crippen LogP contribution in [0.5, 0.6) is 0 Å². The average Bonchev–Trinajstić information content (AvgIpc) is 2.38. The normalized spacial score (nSPS) is 14.3. The zero-order chi connectivity index (χ0) is 13.4. The molecule has 1 aromatic heterocycles. The van der Waals surface area contributed by atoms with Crippen LogP contribution in [0.3, 0.4) is 0 Å². The fraction of sp³-hybridized carbons (Fsp3) is 0.333. The van der Waals surface area contributed by atoms with Gasteiger partial charge in [-0.15, -0.1) is 0 Å². The summed E-state index contributed by atoms with van der Waals surface area (Å²) in [7, 11) is 0. The Balaban J connectivity index is 2.13. The minimum atomic E-state index is 0.838. The van der Waals surface area contributed by atoms with Crippen molar-refractivity contribution in [2.24, 2.45) is 0 Å². The molecule has 1 aliphatic rings. The first-order valence-electron chi connectivity index (χ1n) is 6.49. The van der Waals surface area contributed by atoms with Crippen LogP contribution >= 0.6 is 15.9 Å². The van der Waals surface area contributed by atoms with Gasteiger partial charge in [0, 0.05) is 22.3 Å². The number of benzene rings is 1. The van der Waals surface area contributed by atoms with E-state index in [4.69, 9.17) is 9.97 Å². The Hall–Kier alpha value is -1.26. The Bertz CT molecular complexity index is 638. The van der Waals surface area contributed by atoms with E-state index in [1.165, 1.54) is 11.1 Å². The summed E-state index contributed by atoms with van der Waals surface area (Å²) in [6.45, 7) is 6.05. The Morgan fingerprint density at radius 1 is 1.21 bits per heavy atom. The quantitative estimate of drug-likeness (QED) is 0.878. The van der Waals surface area contributed by atoms with Crippen LogP contribution in [0.15, 0.2) is 22.7 Å². The van der Waals surface area contributed by atoms with Crippen LogP contribution in [-0.4, -0.2) is 16.5 Å². The smallest absolute Gasteiger partial charge is 0.159 e. The molecule has 3 nitrogen and oxygen atoms in total. The molecule has 0 spiro atoms. The van der Waals surface area contributed by atoms with Crippen molar-refractivity contribution in [3.63, 3.8) is 0 Å². The van der Waals surface area contributed by atoms with Crippen LogP contribution in [0.25, 0.3) is 11.4 Å². The van der Waals surface area contributed by atoms with Gasteiger partial charge in [-0.05, 0) is 56.1 Å². The molecule has 2 aromatic rings. The van der Waals surface area contributed by atoms with E-state index in [9.17, 15) is 0 Å². The van der Waals surface area contributed by atoms with Crippen LogP contribution in [0.2, 0.25) is 0 Å². The number of halogens is 1. The molecule has 1 N–H and O–H groups in total. The van der Waals surface area contributed by atoms with Crippen molar-refractivity contribution in [2.75, 3.05) is 6.54 Å². The number of fused-ring (bicyclic) bond motifs is 1. The second-order valence-electron chi connectivity index (χ2n) is 4.94. The van der Waals surface area contributed by atoms with Crippen LogP contribution in [0.4, 0.5) is 0 Å². The van der Waals surface area contributed by atoms with Gasteiger partial charge in [-0.2, -0.15) is 0 Å². The van der Waals surface area contributed by atoms with Crippen LogP contribution < -0.4 is 5.32 Å². The minimum absolute atomic E-state index is 0.838. The molecule has 0 fully saturated rings. The van der Waals surface area contributed by atoms with E-state index in [0.717, 1.165) is 46.8 Å². The number of rotatable bonds is 1. The fourth-order valence-electron chi connectivity index (χ4n) is 2.55. The highest BCUT2D eigenvalue weighted by molar-refractivity contribution is 9.10. The van der Waals surface area contributed by atoms with Crippen LogP contribution in [-0.2, 0) is 13.0 Å². The number of hydrogen-bond donors (Lipinski definition) is 1. The number of nitrogens with one attached hydrogen (secondary N) is 1. The second kappa shape index (κ2) is 5.02. The van der Waals surface area contributed by atoms with E-state index in [1.54, 1.807) is 0 Å². The zero-order valence-electron chi connectivity index (χ0n) is 11.1. The molecule has 1 aliphatic heterocycles. The summed E-state index contributed by atoms with van der Waals surface area (Å²) < 4.78 is 1.09. The maximum absolute atomic E-state index is 4.75. The summed E-state index contributed by atoms with van der Waals surface area (Å²) >= 11 is 3.49. The first kappa shape index (κ1) is 12.8. The molecule has 0 bridgehead atoms. The second-order valence-corrected chi connectivity index (χ2v) is 5.86. The highest BCUT2D eigenvalue weighted by Crippen LogP contribution is 2.26. The van der Waals surface area contributed by atoms with Gasteiger partial charge in [0.1, 0.15) is 0 Å². The third-order valence-corrected chi connectivity index (χ3v) is 4.07. The molecule has 0 saturated carbocycles. The molecule has 4 heteroatoms. The molecule has 0 saturated heterocycles. The first-order valence-corrected chi connectivity index (χ1v) is 7.28. The van der Waals surface area contributed by atoms with Crippen molar-refractivity contribution in [3.8, 4) is 11.4 Å². The van der Waals surface area contributed by atoms with Gasteiger partial charge < -0.3 is 5.32 Å². The molecule has 0 amide bonds. The third kappa shape index (κ3) is 2.42. The summed E-state index contributed by atoms with van der Waals surface area (Å²) in [6, 6.07) is 6.22. The molecule has 19 heavy (non-hydrogen) atoms. The molecule has 98 valence electrons. The molecule has 3 rings (SSSR count). The van der Waals surface area contributed by atoms with Crippen molar-refractivity contribution < 1.29 is 0 Å². The summed E-state index contributed by atoms with van der Waals surface area (Å²) in [5, 5.41) is 3.37. The largest absolute Gasteiger partial charge is 0.311 e. The molecular weight excluding hydrogens is 302 g/mol. The van der Waals surface area contributed by atoms with Crippen molar-refractivity contribution >= 4 is 15.9 Å². The lowest BCUT2D eigenvalue weighted by molar-refractivity contribution is 0.620. The van der Waals surface area contributed by atoms with Crippen LogP contribution in [0, 0.1) is 13.8 Å². The zero-order valence-corrected chi connectivity index (χ0v) is 12.7. The lowest BCUT2D eigenvalue weighted by atomic mass is 10.0. The predicted molar refractivity (Wildman–Crippen MR) is 80.1 cm³/mol. The van der Waals surface area contributed by atoms with Gasteiger partial charge in [-0.1, -0.05) is 15.9 Å². The van der Waals surface area contributed by atoms with E-state index in [0.29, 0.717) is 0 Å². The van der Waals surface area contributed by atoms with Crippen molar-refractivity contribution in [3.05, 3.63) is 45.2 Å². The lowest BCUT2D eigenvalue weighted by Crippen LogP contribution is -2.26. The van der Waals surface area contributed by atoms with E-state index >= 15 is 0 Å². The topological polar surface area (TPSA) is 37.8 Å². The summed E-state index contributed by atoms with van der Waals surface area (Å²) in [5.74, 6) is 0.838. The average molecular weight is 318 g/mol. The minimum Gasteiger partial charge on any atom is -0.311 e. The van der Waals surface area contributed by atoms with Crippen molar-refractivity contribution in [2.45, 2.75) is 26.8 Å². The Morgan fingerprint density at radius 3 is 2.84 bits per heavy atom. The van der Waals surface area contributed by atoms with Gasteiger partial charge in [0.05, 0.1) is 5.69 Å². The monoisotopic (exact) mass is 317 g/mol. The van der Waals surface area contributed by atoms with E-state index < -0.39 is 0 Å². The van der Waals surface area contributed by atoms with E-state index in [2.05, 4.69) is 47.2 Å². The van der Waals surface area contributed by atoms with Gasteiger partial charge >= 0.3 is 0 Å². The number of nitrogens with zero attached hydrogens (tertiary/aromatic N) is 2. The van der Waals surface area contributed by atoms with Crippen molar-refractivity contribution in [1.82, 2.24) is 15.3 Å². The highest BCUT2D eigenvalue weighted by atomic mass is 79.9. The SMILES string of the molecule is Cc1cc(Br)ccc1-c1nc(C)c2c(n1)CNCC2. The molecule has 1 aromatic carbocycles. The summed E-state index contributed by atoms with van der Waals surface area (Å²) in [4.78, 5) is 9.44. The number of aryl methyl sites for hydroxylation is 2. The Morgan fingerprint density at radius 2 is 2.05 bits per heavy atom. The van der Waals surface area contributed by atoms with Gasteiger partial charge in [0.15, 0.2) is 5.82 Å². The van der Waals surface area contributed by atoms with E-state index in [-0.39, 0.29) is 0 Å².